The van der Waals surface area contributed by atoms with Gasteiger partial charge in [-0.05, 0) is 12.8 Å². The van der Waals surface area contributed by atoms with Crippen molar-refractivity contribution < 1.29 is 27.2 Å². The van der Waals surface area contributed by atoms with Crippen LogP contribution in [-0.4, -0.2) is 40.8 Å². The molecule has 2 rings (SSSR count). The highest BCUT2D eigenvalue weighted by Crippen LogP contribution is 2.35. The van der Waals surface area contributed by atoms with E-state index < -0.39 is 11.4 Å². The molecule has 1 aromatic heterocycles. The zero-order chi connectivity index (χ0) is 15.8. The average molecular weight is 350 g/mol. The highest BCUT2D eigenvalue weighted by molar-refractivity contribution is 7.74. The minimum atomic E-state index is -2.23. The molecule has 0 fully saturated rings. The zero-order valence-electron chi connectivity index (χ0n) is 12.6. The van der Waals surface area contributed by atoms with Crippen LogP contribution in [0.25, 0.3) is 0 Å². The van der Waals surface area contributed by atoms with Crippen molar-refractivity contribution in [2.75, 3.05) is 19.8 Å². The van der Waals surface area contributed by atoms with Crippen molar-refractivity contribution in [1.82, 2.24) is 0 Å². The molecule has 3 atom stereocenters. The lowest BCUT2D eigenvalue weighted by atomic mass is 10.1. The number of thiophene rings is 1. The molecule has 0 radical (unpaired) electrons. The molecule has 0 aromatic carbocycles. The summed E-state index contributed by atoms with van der Waals surface area (Å²) in [5, 5.41) is 3.82. The summed E-state index contributed by atoms with van der Waals surface area (Å²) in [7, 11) is 0. The van der Waals surface area contributed by atoms with E-state index in [2.05, 4.69) is 6.92 Å². The van der Waals surface area contributed by atoms with E-state index in [0.29, 0.717) is 26.2 Å². The second-order valence-electron chi connectivity index (χ2n) is 5.09. The SMILES string of the molecule is CCCCC(CCOCC1COc2cscc2O1)OS(=O)O. The number of unbranched alkanes of at least 4 members (excludes halogenated alkanes) is 1. The topological polar surface area (TPSA) is 74.2 Å². The van der Waals surface area contributed by atoms with Crippen molar-refractivity contribution in [1.29, 1.82) is 0 Å². The quantitative estimate of drug-likeness (QED) is 0.516. The zero-order valence-corrected chi connectivity index (χ0v) is 14.2. The van der Waals surface area contributed by atoms with Gasteiger partial charge in [0.2, 0.25) is 0 Å². The third-order valence-electron chi connectivity index (χ3n) is 3.30. The molecule has 0 bridgehead atoms. The van der Waals surface area contributed by atoms with Crippen LogP contribution in [0.15, 0.2) is 10.8 Å². The maximum absolute atomic E-state index is 10.8. The Morgan fingerprint density at radius 3 is 3.05 bits per heavy atom. The molecule has 1 aliphatic heterocycles. The summed E-state index contributed by atoms with van der Waals surface area (Å²) in [4.78, 5) is 0. The second kappa shape index (κ2) is 9.46. The van der Waals surface area contributed by atoms with Gasteiger partial charge in [0, 0.05) is 17.4 Å². The van der Waals surface area contributed by atoms with Gasteiger partial charge in [0.25, 0.3) is 0 Å². The van der Waals surface area contributed by atoms with Crippen LogP contribution in [0.5, 0.6) is 11.5 Å². The summed E-state index contributed by atoms with van der Waals surface area (Å²) in [5.41, 5.74) is 0. The van der Waals surface area contributed by atoms with Crippen molar-refractivity contribution in [2.24, 2.45) is 0 Å². The van der Waals surface area contributed by atoms with Gasteiger partial charge >= 0.3 is 11.4 Å². The monoisotopic (exact) mass is 350 g/mol. The van der Waals surface area contributed by atoms with E-state index in [9.17, 15) is 4.21 Å². The molecule has 126 valence electrons. The minimum Gasteiger partial charge on any atom is -0.485 e. The standard InChI is InChI=1S/C14H22O6S2/c1-2-3-4-11(20-22(15)16)5-6-17-7-12-8-18-13-9-21-10-14(13)19-12/h9-12H,2-8H2,1H3,(H,15,16). The fourth-order valence-corrected chi connectivity index (χ4v) is 3.26. The fraction of sp³-hybridized carbons (Fsp3) is 0.714. The summed E-state index contributed by atoms with van der Waals surface area (Å²) in [5.74, 6) is 1.56. The van der Waals surface area contributed by atoms with Crippen LogP contribution in [0.4, 0.5) is 0 Å². The van der Waals surface area contributed by atoms with Gasteiger partial charge in [-0.15, -0.1) is 11.3 Å². The maximum Gasteiger partial charge on any atom is 0.302 e. The normalized spacial score (nSPS) is 19.8. The predicted molar refractivity (Wildman–Crippen MR) is 84.8 cm³/mol. The summed E-state index contributed by atoms with van der Waals surface area (Å²) < 4.78 is 41.5. The molecule has 0 saturated heterocycles. The molecule has 0 saturated carbocycles. The van der Waals surface area contributed by atoms with E-state index in [1.165, 1.54) is 0 Å². The summed E-state index contributed by atoms with van der Waals surface area (Å²) in [6.07, 6.45) is 2.95. The van der Waals surface area contributed by atoms with Gasteiger partial charge in [-0.2, -0.15) is 4.21 Å². The van der Waals surface area contributed by atoms with Crippen LogP contribution in [0.1, 0.15) is 32.6 Å². The van der Waals surface area contributed by atoms with Gasteiger partial charge in [-0.1, -0.05) is 19.8 Å². The van der Waals surface area contributed by atoms with Gasteiger partial charge in [-0.3, -0.25) is 8.74 Å². The van der Waals surface area contributed by atoms with E-state index in [-0.39, 0.29) is 12.2 Å². The van der Waals surface area contributed by atoms with Gasteiger partial charge in [0.15, 0.2) is 17.6 Å². The van der Waals surface area contributed by atoms with Crippen molar-refractivity contribution in [3.05, 3.63) is 10.8 Å². The van der Waals surface area contributed by atoms with Gasteiger partial charge in [-0.25, -0.2) is 0 Å². The van der Waals surface area contributed by atoms with E-state index in [1.807, 2.05) is 10.8 Å². The minimum absolute atomic E-state index is 0.121. The second-order valence-corrected chi connectivity index (χ2v) is 6.46. The van der Waals surface area contributed by atoms with Crippen molar-refractivity contribution >= 4 is 22.7 Å². The summed E-state index contributed by atoms with van der Waals surface area (Å²) >= 11 is -0.685. The maximum atomic E-state index is 10.8. The van der Waals surface area contributed by atoms with Gasteiger partial charge < -0.3 is 14.2 Å². The van der Waals surface area contributed by atoms with E-state index in [1.54, 1.807) is 11.3 Å². The largest absolute Gasteiger partial charge is 0.485 e. The first-order valence-electron chi connectivity index (χ1n) is 7.40. The Morgan fingerprint density at radius 2 is 2.27 bits per heavy atom. The van der Waals surface area contributed by atoms with Crippen molar-refractivity contribution in [3.63, 3.8) is 0 Å². The number of hydrogen-bond donors (Lipinski definition) is 1. The Hall–Kier alpha value is -0.670. The first-order valence-corrected chi connectivity index (χ1v) is 9.38. The number of rotatable bonds is 10. The van der Waals surface area contributed by atoms with Crippen LogP contribution in [0.3, 0.4) is 0 Å². The highest BCUT2D eigenvalue weighted by Gasteiger charge is 2.22. The summed E-state index contributed by atoms with van der Waals surface area (Å²) in [6.45, 7) is 3.43. The molecule has 22 heavy (non-hydrogen) atoms. The van der Waals surface area contributed by atoms with E-state index >= 15 is 0 Å². The first-order chi connectivity index (χ1) is 10.7. The van der Waals surface area contributed by atoms with Crippen LogP contribution >= 0.6 is 11.3 Å². The number of fused-ring (bicyclic) bond motifs is 1. The molecular weight excluding hydrogens is 328 g/mol. The van der Waals surface area contributed by atoms with E-state index in [0.717, 1.165) is 30.8 Å². The Bertz CT molecular complexity index is 464. The predicted octanol–water partition coefficient (Wildman–Crippen LogP) is 3.01. The Balaban J connectivity index is 1.64. The lowest BCUT2D eigenvalue weighted by Crippen LogP contribution is -2.33. The van der Waals surface area contributed by atoms with Crippen LogP contribution < -0.4 is 9.47 Å². The third kappa shape index (κ3) is 5.85. The fourth-order valence-electron chi connectivity index (χ4n) is 2.16. The highest BCUT2D eigenvalue weighted by atomic mass is 32.2. The van der Waals surface area contributed by atoms with Crippen molar-refractivity contribution in [2.45, 2.75) is 44.8 Å². The average Bonchev–Trinajstić information content (AvgIpc) is 2.96. The Morgan fingerprint density at radius 1 is 1.45 bits per heavy atom. The Labute approximate surface area is 137 Å². The lowest BCUT2D eigenvalue weighted by Gasteiger charge is -2.24. The molecule has 0 spiro atoms. The number of hydrogen-bond acceptors (Lipinski definition) is 6. The molecule has 1 aromatic rings. The summed E-state index contributed by atoms with van der Waals surface area (Å²) in [6, 6.07) is 0. The Kier molecular flexibility index (Phi) is 7.61. The first kappa shape index (κ1) is 17.7. The molecule has 3 unspecified atom stereocenters. The third-order valence-corrected chi connectivity index (χ3v) is 4.43. The molecule has 0 amide bonds. The molecule has 6 nitrogen and oxygen atoms in total. The molecule has 0 aliphatic carbocycles. The van der Waals surface area contributed by atoms with Crippen LogP contribution in [0.2, 0.25) is 0 Å². The molecule has 1 N–H and O–H groups in total. The van der Waals surface area contributed by atoms with Gasteiger partial charge in [0.05, 0.1) is 12.7 Å². The molecular formula is C14H22O6S2. The number of ether oxygens (including phenoxy) is 3. The molecule has 8 heteroatoms. The van der Waals surface area contributed by atoms with E-state index in [4.69, 9.17) is 22.9 Å². The van der Waals surface area contributed by atoms with Gasteiger partial charge in [0.1, 0.15) is 6.61 Å². The smallest absolute Gasteiger partial charge is 0.302 e. The lowest BCUT2D eigenvalue weighted by molar-refractivity contribution is 0.00151. The van der Waals surface area contributed by atoms with Crippen LogP contribution in [0, 0.1) is 0 Å². The molecule has 1 aliphatic rings. The van der Waals surface area contributed by atoms with Crippen molar-refractivity contribution in [3.8, 4) is 11.5 Å². The van der Waals surface area contributed by atoms with Crippen LogP contribution in [-0.2, 0) is 20.3 Å². The molecule has 2 heterocycles.